The molecule has 0 saturated heterocycles. The molecule has 0 spiro atoms. The summed E-state index contributed by atoms with van der Waals surface area (Å²) >= 11 is 0. The smallest absolute Gasteiger partial charge is 0.276 e. The molecule has 10 heteroatoms. The highest BCUT2D eigenvalue weighted by molar-refractivity contribution is 7.92. The summed E-state index contributed by atoms with van der Waals surface area (Å²) in [5.74, 6) is -0.352. The van der Waals surface area contributed by atoms with Crippen molar-refractivity contribution in [1.82, 2.24) is 10.9 Å². The van der Waals surface area contributed by atoms with Gasteiger partial charge in [-0.05, 0) is 44.2 Å². The zero-order valence-corrected chi connectivity index (χ0v) is 16.9. The molecular weight excluding hydrogens is 398 g/mol. The minimum atomic E-state index is -3.46. The number of benzene rings is 2. The molecule has 0 saturated carbocycles. The molecule has 0 aromatic heterocycles. The number of rotatable bonds is 9. The lowest BCUT2D eigenvalue weighted by atomic mass is 10.2. The highest BCUT2D eigenvalue weighted by atomic mass is 32.2. The van der Waals surface area contributed by atoms with Crippen molar-refractivity contribution in [3.8, 4) is 11.5 Å². The first-order chi connectivity index (χ1) is 13.8. The number of nitrogens with one attached hydrogen (secondary N) is 3. The van der Waals surface area contributed by atoms with Gasteiger partial charge in [0.15, 0.2) is 18.1 Å². The molecule has 2 aromatic carbocycles. The van der Waals surface area contributed by atoms with E-state index in [4.69, 9.17) is 9.47 Å². The second-order valence-corrected chi connectivity index (χ2v) is 7.77. The van der Waals surface area contributed by atoms with Crippen LogP contribution < -0.4 is 25.0 Å². The lowest BCUT2D eigenvalue weighted by Gasteiger charge is -2.12. The maximum atomic E-state index is 12.2. The Labute approximate surface area is 169 Å². The van der Waals surface area contributed by atoms with E-state index in [1.807, 2.05) is 6.92 Å². The third kappa shape index (κ3) is 7.00. The third-order valence-electron chi connectivity index (χ3n) is 3.60. The molecule has 0 unspecified atom stereocenters. The molecular formula is C19H23N3O6S. The second kappa shape index (κ2) is 10.3. The van der Waals surface area contributed by atoms with E-state index in [1.165, 1.54) is 31.2 Å². The largest absolute Gasteiger partial charge is 0.490 e. The summed E-state index contributed by atoms with van der Waals surface area (Å²) in [6.45, 7) is 3.46. The Morgan fingerprint density at radius 2 is 1.62 bits per heavy atom. The average molecular weight is 421 g/mol. The molecule has 0 atom stereocenters. The second-order valence-electron chi connectivity index (χ2n) is 5.76. The minimum absolute atomic E-state index is 0.0914. The van der Waals surface area contributed by atoms with E-state index in [0.29, 0.717) is 18.1 Å². The van der Waals surface area contributed by atoms with Crippen molar-refractivity contribution in [3.05, 3.63) is 54.1 Å². The van der Waals surface area contributed by atoms with Crippen LogP contribution in [0.2, 0.25) is 0 Å². The van der Waals surface area contributed by atoms with Crippen molar-refractivity contribution in [3.63, 3.8) is 0 Å². The molecule has 0 aliphatic carbocycles. The van der Waals surface area contributed by atoms with Crippen LogP contribution in [-0.2, 0) is 14.8 Å². The van der Waals surface area contributed by atoms with Crippen molar-refractivity contribution >= 4 is 27.5 Å². The number of anilines is 1. The molecule has 2 aromatic rings. The van der Waals surface area contributed by atoms with Gasteiger partial charge in [-0.15, -0.1) is 0 Å². The van der Waals surface area contributed by atoms with Gasteiger partial charge in [-0.2, -0.15) is 0 Å². The van der Waals surface area contributed by atoms with E-state index >= 15 is 0 Å². The summed E-state index contributed by atoms with van der Waals surface area (Å²) in [5, 5.41) is 0. The Morgan fingerprint density at radius 1 is 0.931 bits per heavy atom. The zero-order chi connectivity index (χ0) is 21.3. The molecule has 0 fully saturated rings. The van der Waals surface area contributed by atoms with Crippen LogP contribution in [-0.4, -0.2) is 39.2 Å². The average Bonchev–Trinajstić information content (AvgIpc) is 2.71. The number of hydrazine groups is 1. The Morgan fingerprint density at radius 3 is 2.28 bits per heavy atom. The Balaban J connectivity index is 1.88. The van der Waals surface area contributed by atoms with Gasteiger partial charge < -0.3 is 9.47 Å². The van der Waals surface area contributed by atoms with Gasteiger partial charge in [-0.1, -0.05) is 18.2 Å². The van der Waals surface area contributed by atoms with Crippen molar-refractivity contribution in [2.45, 2.75) is 13.8 Å². The van der Waals surface area contributed by atoms with Crippen LogP contribution in [0, 0.1) is 0 Å². The van der Waals surface area contributed by atoms with Crippen LogP contribution in [0.5, 0.6) is 11.5 Å². The molecule has 2 rings (SSSR count). The van der Waals surface area contributed by atoms with E-state index in [2.05, 4.69) is 15.6 Å². The van der Waals surface area contributed by atoms with E-state index in [-0.39, 0.29) is 23.6 Å². The Bertz CT molecular complexity index is 962. The molecule has 3 N–H and O–H groups in total. The molecule has 0 aliphatic heterocycles. The number of amides is 2. The molecule has 2 amide bonds. The van der Waals surface area contributed by atoms with Crippen molar-refractivity contribution in [1.29, 1.82) is 0 Å². The highest BCUT2D eigenvalue weighted by Crippen LogP contribution is 2.26. The van der Waals surface area contributed by atoms with Gasteiger partial charge in [0.2, 0.25) is 10.0 Å². The highest BCUT2D eigenvalue weighted by Gasteiger charge is 2.12. The minimum Gasteiger partial charge on any atom is -0.490 e. The molecule has 0 radical (unpaired) electrons. The Kier molecular flexibility index (Phi) is 7.84. The number of carbonyl (C=O) groups is 2. The summed E-state index contributed by atoms with van der Waals surface area (Å²) < 4.78 is 36.4. The summed E-state index contributed by atoms with van der Waals surface area (Å²) in [4.78, 5) is 24.1. The van der Waals surface area contributed by atoms with Crippen LogP contribution >= 0.6 is 0 Å². The fraction of sp³-hybridized carbons (Fsp3) is 0.263. The monoisotopic (exact) mass is 421 g/mol. The third-order valence-corrected chi connectivity index (χ3v) is 4.91. The molecule has 0 bridgehead atoms. The van der Waals surface area contributed by atoms with Crippen LogP contribution in [0.3, 0.4) is 0 Å². The number of para-hydroxylation sites is 2. The molecule has 9 nitrogen and oxygen atoms in total. The molecule has 0 aliphatic rings. The van der Waals surface area contributed by atoms with Crippen LogP contribution in [0.1, 0.15) is 24.2 Å². The fourth-order valence-electron chi connectivity index (χ4n) is 2.20. The van der Waals surface area contributed by atoms with Crippen molar-refractivity contribution in [2.75, 3.05) is 23.7 Å². The van der Waals surface area contributed by atoms with E-state index in [1.54, 1.807) is 24.3 Å². The SMILES string of the molecule is CCOc1ccccc1OCC(=O)NNC(=O)c1cccc(NS(=O)(=O)CC)c1. The number of ether oxygens (including phenoxy) is 2. The lowest BCUT2D eigenvalue weighted by molar-refractivity contribution is -0.123. The number of hydrogen-bond acceptors (Lipinski definition) is 6. The first-order valence-corrected chi connectivity index (χ1v) is 10.5. The van der Waals surface area contributed by atoms with Gasteiger partial charge in [0, 0.05) is 11.3 Å². The number of carbonyl (C=O) groups excluding carboxylic acids is 2. The standard InChI is InChI=1S/C19H23N3O6S/c1-3-27-16-10-5-6-11-17(16)28-13-18(23)20-21-19(24)14-8-7-9-15(12-14)22-29(25,26)4-2/h5-12,22H,3-4,13H2,1-2H3,(H,20,23)(H,21,24). The van der Waals surface area contributed by atoms with Gasteiger partial charge in [0.1, 0.15) is 0 Å². The summed E-state index contributed by atoms with van der Waals surface area (Å²) in [5.41, 5.74) is 4.91. The summed E-state index contributed by atoms with van der Waals surface area (Å²) in [7, 11) is -3.46. The Hall–Kier alpha value is -3.27. The molecule has 29 heavy (non-hydrogen) atoms. The number of sulfonamides is 1. The zero-order valence-electron chi connectivity index (χ0n) is 16.1. The van der Waals surface area contributed by atoms with Gasteiger partial charge >= 0.3 is 0 Å². The van der Waals surface area contributed by atoms with E-state index in [0.717, 1.165) is 0 Å². The van der Waals surface area contributed by atoms with Gasteiger partial charge in [-0.25, -0.2) is 8.42 Å². The van der Waals surface area contributed by atoms with Crippen molar-refractivity contribution in [2.24, 2.45) is 0 Å². The molecule has 0 heterocycles. The van der Waals surface area contributed by atoms with Gasteiger partial charge in [-0.3, -0.25) is 25.2 Å². The fourth-order valence-corrected chi connectivity index (χ4v) is 2.83. The van der Waals surface area contributed by atoms with Crippen LogP contribution in [0.15, 0.2) is 48.5 Å². The summed E-state index contributed by atoms with van der Waals surface area (Å²) in [6.07, 6.45) is 0. The lowest BCUT2D eigenvalue weighted by Crippen LogP contribution is -2.43. The van der Waals surface area contributed by atoms with Gasteiger partial charge in [0.05, 0.1) is 12.4 Å². The molecule has 156 valence electrons. The van der Waals surface area contributed by atoms with Gasteiger partial charge in [0.25, 0.3) is 11.8 Å². The summed E-state index contributed by atoms with van der Waals surface area (Å²) in [6, 6.07) is 12.8. The van der Waals surface area contributed by atoms with Crippen LogP contribution in [0.25, 0.3) is 0 Å². The number of hydrogen-bond donors (Lipinski definition) is 3. The predicted molar refractivity (Wildman–Crippen MR) is 108 cm³/mol. The van der Waals surface area contributed by atoms with Crippen LogP contribution in [0.4, 0.5) is 5.69 Å². The normalized spacial score (nSPS) is 10.7. The topological polar surface area (TPSA) is 123 Å². The van der Waals surface area contributed by atoms with Crippen molar-refractivity contribution < 1.29 is 27.5 Å². The first-order valence-electron chi connectivity index (χ1n) is 8.89. The first kappa shape index (κ1) is 22.0. The maximum absolute atomic E-state index is 12.2. The predicted octanol–water partition coefficient (Wildman–Crippen LogP) is 1.69. The maximum Gasteiger partial charge on any atom is 0.276 e. The quantitative estimate of drug-likeness (QED) is 0.530. The van der Waals surface area contributed by atoms with E-state index < -0.39 is 21.8 Å². The van der Waals surface area contributed by atoms with E-state index in [9.17, 15) is 18.0 Å².